The number of rotatable bonds is 7. The van der Waals surface area contributed by atoms with Crippen LogP contribution in [0.4, 0.5) is 5.69 Å². The first-order valence-corrected chi connectivity index (χ1v) is 9.98. The molecule has 0 fully saturated rings. The second kappa shape index (κ2) is 10.2. The third-order valence-electron chi connectivity index (χ3n) is 4.24. The number of carboxylic acids is 1. The molecule has 0 unspecified atom stereocenters. The summed E-state index contributed by atoms with van der Waals surface area (Å²) in [5.41, 5.74) is 2.17. The van der Waals surface area contributed by atoms with Crippen LogP contribution in [0, 0.1) is 11.3 Å². The molecule has 0 spiro atoms. The number of carboxylic acid groups (broad SMARTS) is 1. The summed E-state index contributed by atoms with van der Waals surface area (Å²) in [5.74, 6) is -0.908. The SMILES string of the molecule is N#C/C(=C/c1ccc(OCc2cccc(C(=O)O)c2)cc1)C(=O)Nc1ccc(Br)cc1. The minimum absolute atomic E-state index is 0.0259. The van der Waals surface area contributed by atoms with Crippen molar-refractivity contribution in [3.05, 3.63) is 99.5 Å². The van der Waals surface area contributed by atoms with Gasteiger partial charge in [0.15, 0.2) is 0 Å². The van der Waals surface area contributed by atoms with Crippen LogP contribution in [0.3, 0.4) is 0 Å². The van der Waals surface area contributed by atoms with E-state index in [0.29, 0.717) is 17.0 Å². The van der Waals surface area contributed by atoms with Crippen molar-refractivity contribution < 1.29 is 19.4 Å². The fourth-order valence-electron chi connectivity index (χ4n) is 2.67. The second-order valence-electron chi connectivity index (χ2n) is 6.49. The number of carbonyl (C=O) groups is 2. The Labute approximate surface area is 187 Å². The van der Waals surface area contributed by atoms with E-state index < -0.39 is 11.9 Å². The quantitative estimate of drug-likeness (QED) is 0.357. The van der Waals surface area contributed by atoms with E-state index >= 15 is 0 Å². The van der Waals surface area contributed by atoms with Crippen LogP contribution >= 0.6 is 15.9 Å². The van der Waals surface area contributed by atoms with Gasteiger partial charge in [0.05, 0.1) is 5.56 Å². The average Bonchev–Trinajstić information content (AvgIpc) is 2.78. The highest BCUT2D eigenvalue weighted by Gasteiger charge is 2.10. The zero-order chi connectivity index (χ0) is 22.2. The van der Waals surface area contributed by atoms with Gasteiger partial charge in [0, 0.05) is 10.2 Å². The molecule has 0 saturated carbocycles. The third kappa shape index (κ3) is 6.29. The van der Waals surface area contributed by atoms with Gasteiger partial charge in [-0.05, 0) is 65.7 Å². The molecule has 31 heavy (non-hydrogen) atoms. The Bertz CT molecular complexity index is 1160. The number of halogens is 1. The molecule has 0 aliphatic carbocycles. The van der Waals surface area contributed by atoms with Gasteiger partial charge in [0.25, 0.3) is 5.91 Å². The van der Waals surface area contributed by atoms with Gasteiger partial charge in [-0.25, -0.2) is 4.79 Å². The van der Waals surface area contributed by atoms with E-state index in [-0.39, 0.29) is 17.7 Å². The zero-order valence-electron chi connectivity index (χ0n) is 16.2. The molecular weight excluding hydrogens is 460 g/mol. The fourth-order valence-corrected chi connectivity index (χ4v) is 2.93. The van der Waals surface area contributed by atoms with Crippen molar-refractivity contribution in [1.29, 1.82) is 5.26 Å². The van der Waals surface area contributed by atoms with Crippen LogP contribution in [-0.4, -0.2) is 17.0 Å². The maximum absolute atomic E-state index is 12.4. The first kappa shape index (κ1) is 21.8. The summed E-state index contributed by atoms with van der Waals surface area (Å²) in [6.45, 7) is 0.218. The summed E-state index contributed by atoms with van der Waals surface area (Å²) in [6.07, 6.45) is 1.49. The van der Waals surface area contributed by atoms with Crippen LogP contribution in [0.2, 0.25) is 0 Å². The first-order valence-electron chi connectivity index (χ1n) is 9.18. The largest absolute Gasteiger partial charge is 0.489 e. The fraction of sp³-hybridized carbons (Fsp3) is 0.0417. The highest BCUT2D eigenvalue weighted by molar-refractivity contribution is 9.10. The summed E-state index contributed by atoms with van der Waals surface area (Å²) in [7, 11) is 0. The van der Waals surface area contributed by atoms with Gasteiger partial charge in [0.2, 0.25) is 0 Å². The molecule has 0 atom stereocenters. The number of aromatic carboxylic acids is 1. The maximum atomic E-state index is 12.4. The van der Waals surface area contributed by atoms with Gasteiger partial charge in [0.1, 0.15) is 24.0 Å². The number of anilines is 1. The van der Waals surface area contributed by atoms with Gasteiger partial charge in [-0.15, -0.1) is 0 Å². The minimum Gasteiger partial charge on any atom is -0.489 e. The highest BCUT2D eigenvalue weighted by Crippen LogP contribution is 2.18. The highest BCUT2D eigenvalue weighted by atomic mass is 79.9. The molecule has 0 aliphatic heterocycles. The molecule has 3 aromatic carbocycles. The van der Waals surface area contributed by atoms with Crippen LogP contribution in [0.5, 0.6) is 5.75 Å². The Balaban J connectivity index is 1.64. The molecule has 0 saturated heterocycles. The second-order valence-corrected chi connectivity index (χ2v) is 7.41. The van der Waals surface area contributed by atoms with Gasteiger partial charge >= 0.3 is 5.97 Å². The lowest BCUT2D eigenvalue weighted by molar-refractivity contribution is -0.112. The van der Waals surface area contributed by atoms with E-state index in [1.807, 2.05) is 6.07 Å². The predicted molar refractivity (Wildman–Crippen MR) is 121 cm³/mol. The summed E-state index contributed by atoms with van der Waals surface area (Å²) < 4.78 is 6.57. The zero-order valence-corrected chi connectivity index (χ0v) is 17.8. The minimum atomic E-state index is -0.990. The third-order valence-corrected chi connectivity index (χ3v) is 4.77. The standard InChI is InChI=1S/C24H17BrN2O4/c25-20-6-8-21(9-7-20)27-23(28)19(14-26)12-16-4-10-22(11-5-16)31-15-17-2-1-3-18(13-17)24(29)30/h1-13H,15H2,(H,27,28)(H,29,30)/b19-12-. The molecule has 3 rings (SSSR count). The molecule has 0 heterocycles. The smallest absolute Gasteiger partial charge is 0.335 e. The topological polar surface area (TPSA) is 99.4 Å². The van der Waals surface area contributed by atoms with Crippen LogP contribution in [-0.2, 0) is 11.4 Å². The van der Waals surface area contributed by atoms with E-state index in [2.05, 4.69) is 21.2 Å². The van der Waals surface area contributed by atoms with Crippen molar-refractivity contribution in [2.24, 2.45) is 0 Å². The lowest BCUT2D eigenvalue weighted by Crippen LogP contribution is -2.13. The van der Waals surface area contributed by atoms with Crippen molar-refractivity contribution in [1.82, 2.24) is 0 Å². The monoisotopic (exact) mass is 476 g/mol. The van der Waals surface area contributed by atoms with E-state index in [9.17, 15) is 14.9 Å². The van der Waals surface area contributed by atoms with Crippen molar-refractivity contribution in [3.63, 3.8) is 0 Å². The molecule has 1 amide bonds. The van der Waals surface area contributed by atoms with E-state index in [0.717, 1.165) is 10.0 Å². The Morgan fingerprint density at radius 1 is 1.06 bits per heavy atom. The Morgan fingerprint density at radius 2 is 1.77 bits per heavy atom. The molecule has 0 aliphatic rings. The maximum Gasteiger partial charge on any atom is 0.335 e. The number of nitrogens with zero attached hydrogens (tertiary/aromatic N) is 1. The van der Waals surface area contributed by atoms with Crippen molar-refractivity contribution in [2.45, 2.75) is 6.61 Å². The Hall–Kier alpha value is -3.89. The molecule has 0 bridgehead atoms. The van der Waals surface area contributed by atoms with Gasteiger partial charge in [-0.1, -0.05) is 40.2 Å². The number of benzene rings is 3. The Kier molecular flexibility index (Phi) is 7.20. The number of ether oxygens (including phenoxy) is 1. The number of hydrogen-bond donors (Lipinski definition) is 2. The molecular formula is C24H17BrN2O4. The Morgan fingerprint density at radius 3 is 2.42 bits per heavy atom. The lowest BCUT2D eigenvalue weighted by Gasteiger charge is -2.08. The summed E-state index contributed by atoms with van der Waals surface area (Å²) in [5, 5.41) is 21.1. The van der Waals surface area contributed by atoms with E-state index in [1.165, 1.54) is 12.1 Å². The normalized spacial score (nSPS) is 10.8. The average molecular weight is 477 g/mol. The number of nitrogens with one attached hydrogen (secondary N) is 1. The van der Waals surface area contributed by atoms with Gasteiger partial charge < -0.3 is 15.2 Å². The lowest BCUT2D eigenvalue weighted by atomic mass is 10.1. The van der Waals surface area contributed by atoms with E-state index in [4.69, 9.17) is 9.84 Å². The van der Waals surface area contributed by atoms with E-state index in [1.54, 1.807) is 66.7 Å². The van der Waals surface area contributed by atoms with Crippen molar-refractivity contribution in [2.75, 3.05) is 5.32 Å². The summed E-state index contributed by atoms with van der Waals surface area (Å²) in [4.78, 5) is 23.4. The van der Waals surface area contributed by atoms with Gasteiger partial charge in [-0.2, -0.15) is 5.26 Å². The molecule has 0 aromatic heterocycles. The van der Waals surface area contributed by atoms with Crippen LogP contribution in [0.1, 0.15) is 21.5 Å². The number of carbonyl (C=O) groups excluding carboxylic acids is 1. The van der Waals surface area contributed by atoms with Crippen LogP contribution in [0.15, 0.2) is 82.8 Å². The number of nitriles is 1. The molecule has 0 radical (unpaired) electrons. The predicted octanol–water partition coefficient (Wildman–Crippen LogP) is 5.27. The van der Waals surface area contributed by atoms with Crippen molar-refractivity contribution >= 4 is 39.6 Å². The molecule has 154 valence electrons. The molecule has 3 aromatic rings. The van der Waals surface area contributed by atoms with Crippen LogP contribution < -0.4 is 10.1 Å². The molecule has 2 N–H and O–H groups in total. The summed E-state index contributed by atoms with van der Waals surface area (Å²) in [6, 6.07) is 22.4. The summed E-state index contributed by atoms with van der Waals surface area (Å²) >= 11 is 3.33. The first-order chi connectivity index (χ1) is 14.9. The molecule has 7 heteroatoms. The number of amides is 1. The molecule has 6 nitrogen and oxygen atoms in total. The van der Waals surface area contributed by atoms with Crippen molar-refractivity contribution in [3.8, 4) is 11.8 Å². The van der Waals surface area contributed by atoms with Gasteiger partial charge in [-0.3, -0.25) is 4.79 Å². The van der Waals surface area contributed by atoms with Crippen LogP contribution in [0.25, 0.3) is 6.08 Å². The number of hydrogen-bond acceptors (Lipinski definition) is 4.